The van der Waals surface area contributed by atoms with Gasteiger partial charge in [-0.3, -0.25) is 9.20 Å². The summed E-state index contributed by atoms with van der Waals surface area (Å²) in [6, 6.07) is 6.72. The number of carbonyl (C=O) groups excluding carboxylic acids is 1. The van der Waals surface area contributed by atoms with E-state index in [2.05, 4.69) is 10.2 Å². The highest BCUT2D eigenvalue weighted by Crippen LogP contribution is 2.23. The summed E-state index contributed by atoms with van der Waals surface area (Å²) >= 11 is 5.71. The highest BCUT2D eigenvalue weighted by Gasteiger charge is 2.11. The Bertz CT molecular complexity index is 702. The molecule has 3 heterocycles. The van der Waals surface area contributed by atoms with Crippen molar-refractivity contribution in [3.05, 3.63) is 41.2 Å². The van der Waals surface area contributed by atoms with Crippen LogP contribution in [0.1, 0.15) is 10.4 Å². The van der Waals surface area contributed by atoms with E-state index in [0.29, 0.717) is 22.8 Å². The summed E-state index contributed by atoms with van der Waals surface area (Å²) in [4.78, 5) is 10.7. The maximum Gasteiger partial charge on any atom is 0.204 e. The molecule has 0 radical (unpaired) electrons. The van der Waals surface area contributed by atoms with E-state index in [-0.39, 0.29) is 5.22 Å². The van der Waals surface area contributed by atoms with Gasteiger partial charge in [0.2, 0.25) is 5.82 Å². The van der Waals surface area contributed by atoms with Crippen LogP contribution >= 0.6 is 11.6 Å². The van der Waals surface area contributed by atoms with Crippen molar-refractivity contribution in [3.8, 4) is 11.6 Å². The van der Waals surface area contributed by atoms with Crippen LogP contribution < -0.4 is 0 Å². The van der Waals surface area contributed by atoms with Gasteiger partial charge in [-0.25, -0.2) is 0 Å². The average molecular weight is 248 g/mol. The SMILES string of the molecule is O=Cc1ccc2nnc(-c3ccc(Cl)o3)n2c1. The summed E-state index contributed by atoms with van der Waals surface area (Å²) in [6.07, 6.45) is 2.41. The molecule has 6 heteroatoms. The second kappa shape index (κ2) is 3.71. The van der Waals surface area contributed by atoms with Crippen molar-refractivity contribution in [1.82, 2.24) is 14.6 Å². The zero-order valence-corrected chi connectivity index (χ0v) is 9.26. The van der Waals surface area contributed by atoms with Gasteiger partial charge in [-0.05, 0) is 35.9 Å². The number of furan rings is 1. The van der Waals surface area contributed by atoms with Crippen LogP contribution in [0.25, 0.3) is 17.2 Å². The zero-order valence-electron chi connectivity index (χ0n) is 8.50. The van der Waals surface area contributed by atoms with Gasteiger partial charge < -0.3 is 4.42 Å². The molecule has 0 bridgehead atoms. The number of fused-ring (bicyclic) bond motifs is 1. The summed E-state index contributed by atoms with van der Waals surface area (Å²) in [6.45, 7) is 0. The lowest BCUT2D eigenvalue weighted by molar-refractivity contribution is 0.112. The summed E-state index contributed by atoms with van der Waals surface area (Å²) in [7, 11) is 0. The Morgan fingerprint density at radius 2 is 2.12 bits per heavy atom. The monoisotopic (exact) mass is 247 g/mol. The fourth-order valence-electron chi connectivity index (χ4n) is 1.58. The maximum absolute atomic E-state index is 10.7. The molecule has 0 saturated carbocycles. The molecule has 0 fully saturated rings. The molecule has 0 spiro atoms. The van der Waals surface area contributed by atoms with Crippen molar-refractivity contribution < 1.29 is 9.21 Å². The van der Waals surface area contributed by atoms with E-state index >= 15 is 0 Å². The van der Waals surface area contributed by atoms with Crippen LogP contribution in [0.3, 0.4) is 0 Å². The van der Waals surface area contributed by atoms with Crippen LogP contribution in [-0.2, 0) is 0 Å². The number of rotatable bonds is 2. The van der Waals surface area contributed by atoms with Crippen molar-refractivity contribution in [2.45, 2.75) is 0 Å². The van der Waals surface area contributed by atoms with Crippen molar-refractivity contribution in [1.29, 1.82) is 0 Å². The van der Waals surface area contributed by atoms with E-state index in [1.165, 1.54) is 0 Å². The molecule has 0 aliphatic heterocycles. The molecule has 17 heavy (non-hydrogen) atoms. The molecule has 0 saturated heterocycles. The average Bonchev–Trinajstić information content (AvgIpc) is 2.93. The Hall–Kier alpha value is -2.14. The molecule has 0 aliphatic carbocycles. The zero-order chi connectivity index (χ0) is 11.8. The van der Waals surface area contributed by atoms with E-state index in [4.69, 9.17) is 16.0 Å². The second-order valence-electron chi connectivity index (χ2n) is 3.44. The maximum atomic E-state index is 10.7. The number of nitrogens with zero attached hydrogens (tertiary/aromatic N) is 3. The van der Waals surface area contributed by atoms with Gasteiger partial charge in [0.1, 0.15) is 0 Å². The Morgan fingerprint density at radius 1 is 1.24 bits per heavy atom. The normalized spacial score (nSPS) is 10.9. The van der Waals surface area contributed by atoms with E-state index < -0.39 is 0 Å². The number of hydrogen-bond acceptors (Lipinski definition) is 4. The number of pyridine rings is 1. The van der Waals surface area contributed by atoms with Crippen LogP contribution in [-0.4, -0.2) is 20.9 Å². The van der Waals surface area contributed by atoms with Gasteiger partial charge in [0.05, 0.1) is 0 Å². The molecule has 3 rings (SSSR count). The van der Waals surface area contributed by atoms with Crippen LogP contribution in [0.5, 0.6) is 0 Å². The van der Waals surface area contributed by atoms with Gasteiger partial charge in [0.15, 0.2) is 22.9 Å². The Kier molecular flexibility index (Phi) is 2.19. The summed E-state index contributed by atoms with van der Waals surface area (Å²) < 4.78 is 6.94. The molecule has 0 unspecified atom stereocenters. The second-order valence-corrected chi connectivity index (χ2v) is 3.81. The molecule has 3 aromatic rings. The quantitative estimate of drug-likeness (QED) is 0.653. The van der Waals surface area contributed by atoms with Crippen molar-refractivity contribution in [2.75, 3.05) is 0 Å². The third kappa shape index (κ3) is 1.60. The Labute approximate surface area is 101 Å². The third-order valence-electron chi connectivity index (χ3n) is 2.35. The fraction of sp³-hybridized carbons (Fsp3) is 0. The van der Waals surface area contributed by atoms with Gasteiger partial charge in [-0.15, -0.1) is 10.2 Å². The van der Waals surface area contributed by atoms with Gasteiger partial charge >= 0.3 is 0 Å². The number of hydrogen-bond donors (Lipinski definition) is 0. The molecular formula is C11H6ClN3O2. The minimum atomic E-state index is 0.281. The lowest BCUT2D eigenvalue weighted by Gasteiger charge is -1.97. The first-order chi connectivity index (χ1) is 8.28. The van der Waals surface area contributed by atoms with Crippen molar-refractivity contribution in [2.24, 2.45) is 0 Å². The molecule has 0 aliphatic rings. The topological polar surface area (TPSA) is 60.4 Å². The van der Waals surface area contributed by atoms with Gasteiger partial charge in [0.25, 0.3) is 0 Å². The standard InChI is InChI=1S/C11H6ClN3O2/c12-9-3-2-8(17-9)11-14-13-10-4-1-7(6-16)5-15(10)11/h1-6H. The first-order valence-electron chi connectivity index (χ1n) is 4.83. The van der Waals surface area contributed by atoms with E-state index in [1.54, 1.807) is 34.9 Å². The molecule has 3 aromatic heterocycles. The Balaban J connectivity index is 2.26. The number of carbonyl (C=O) groups is 1. The predicted molar refractivity (Wildman–Crippen MR) is 61.1 cm³/mol. The molecule has 0 amide bonds. The summed E-state index contributed by atoms with van der Waals surface area (Å²) in [5.74, 6) is 1.01. The van der Waals surface area contributed by atoms with Crippen LogP contribution in [0.15, 0.2) is 34.9 Å². The van der Waals surface area contributed by atoms with Gasteiger partial charge in [0, 0.05) is 11.8 Å². The third-order valence-corrected chi connectivity index (χ3v) is 2.56. The lowest BCUT2D eigenvalue weighted by atomic mass is 10.3. The van der Waals surface area contributed by atoms with Crippen molar-refractivity contribution in [3.63, 3.8) is 0 Å². The molecule has 0 aromatic carbocycles. The van der Waals surface area contributed by atoms with Crippen molar-refractivity contribution >= 4 is 23.5 Å². The van der Waals surface area contributed by atoms with E-state index in [0.717, 1.165) is 6.29 Å². The number of halogens is 1. The number of aldehydes is 1. The first-order valence-corrected chi connectivity index (χ1v) is 5.21. The summed E-state index contributed by atoms with van der Waals surface area (Å²) in [5.41, 5.74) is 1.18. The molecule has 5 nitrogen and oxygen atoms in total. The van der Waals surface area contributed by atoms with E-state index in [1.807, 2.05) is 0 Å². The van der Waals surface area contributed by atoms with Crippen LogP contribution in [0.2, 0.25) is 5.22 Å². The van der Waals surface area contributed by atoms with Crippen LogP contribution in [0.4, 0.5) is 0 Å². The van der Waals surface area contributed by atoms with Gasteiger partial charge in [-0.1, -0.05) is 0 Å². The van der Waals surface area contributed by atoms with Gasteiger partial charge in [-0.2, -0.15) is 0 Å². The Morgan fingerprint density at radius 3 is 2.82 bits per heavy atom. The smallest absolute Gasteiger partial charge is 0.204 e. The summed E-state index contributed by atoms with van der Waals surface area (Å²) in [5, 5.41) is 8.25. The lowest BCUT2D eigenvalue weighted by Crippen LogP contribution is -1.91. The highest BCUT2D eigenvalue weighted by molar-refractivity contribution is 6.28. The first kappa shape index (κ1) is 10.0. The predicted octanol–water partition coefficient (Wildman–Crippen LogP) is 2.46. The van der Waals surface area contributed by atoms with Crippen LogP contribution in [0, 0.1) is 0 Å². The molecular weight excluding hydrogens is 242 g/mol. The minimum absolute atomic E-state index is 0.281. The van der Waals surface area contributed by atoms with E-state index in [9.17, 15) is 4.79 Å². The molecule has 84 valence electrons. The largest absolute Gasteiger partial charge is 0.441 e. The fourth-order valence-corrected chi connectivity index (χ4v) is 1.73. The minimum Gasteiger partial charge on any atom is -0.441 e. The highest BCUT2D eigenvalue weighted by atomic mass is 35.5. The molecule has 0 atom stereocenters. The number of aromatic nitrogens is 3. The molecule has 0 N–H and O–H groups in total.